The number of ether oxygens (including phenoxy) is 2. The standard InChI is InChI=1S/C19H22N2O6S/c1-26-16-5-7-18(8-6-16)28(24,25)21-11-9-20(10-12-21)19(23)14-27-17-4-2-3-15(22)13-17/h2-8,13,22H,9-12,14H2,1H3. The van der Waals surface area contributed by atoms with E-state index < -0.39 is 10.0 Å². The van der Waals surface area contributed by atoms with Crippen molar-refractivity contribution in [3.63, 3.8) is 0 Å². The average molecular weight is 406 g/mol. The van der Waals surface area contributed by atoms with Crippen LogP contribution in [-0.4, -0.2) is 68.5 Å². The van der Waals surface area contributed by atoms with Gasteiger partial charge in [-0.1, -0.05) is 6.07 Å². The van der Waals surface area contributed by atoms with Crippen molar-refractivity contribution in [2.45, 2.75) is 4.90 Å². The minimum Gasteiger partial charge on any atom is -0.508 e. The van der Waals surface area contributed by atoms with Crippen LogP contribution in [0.5, 0.6) is 17.2 Å². The van der Waals surface area contributed by atoms with Gasteiger partial charge in [0.1, 0.15) is 17.2 Å². The largest absolute Gasteiger partial charge is 0.508 e. The summed E-state index contributed by atoms with van der Waals surface area (Å²) in [6.07, 6.45) is 0. The van der Waals surface area contributed by atoms with Gasteiger partial charge in [0.25, 0.3) is 5.91 Å². The molecule has 0 aliphatic carbocycles. The molecule has 2 aromatic rings. The molecule has 1 N–H and O–H groups in total. The molecule has 0 unspecified atom stereocenters. The maximum absolute atomic E-state index is 12.7. The van der Waals surface area contributed by atoms with Crippen molar-refractivity contribution >= 4 is 15.9 Å². The molecule has 0 aromatic heterocycles. The molecule has 0 spiro atoms. The maximum atomic E-state index is 12.7. The summed E-state index contributed by atoms with van der Waals surface area (Å²) in [6, 6.07) is 12.4. The van der Waals surface area contributed by atoms with Crippen molar-refractivity contribution in [2.75, 3.05) is 39.9 Å². The molecular formula is C19H22N2O6S. The zero-order valence-electron chi connectivity index (χ0n) is 15.4. The number of piperazine rings is 1. The van der Waals surface area contributed by atoms with Crippen molar-refractivity contribution in [2.24, 2.45) is 0 Å². The van der Waals surface area contributed by atoms with E-state index in [0.29, 0.717) is 11.5 Å². The van der Waals surface area contributed by atoms with E-state index in [1.165, 1.54) is 35.7 Å². The molecule has 9 heteroatoms. The molecule has 0 saturated carbocycles. The Hall–Kier alpha value is -2.78. The van der Waals surface area contributed by atoms with Crippen LogP contribution < -0.4 is 9.47 Å². The van der Waals surface area contributed by atoms with Gasteiger partial charge in [-0.15, -0.1) is 0 Å². The van der Waals surface area contributed by atoms with Crippen LogP contribution in [0.2, 0.25) is 0 Å². The summed E-state index contributed by atoms with van der Waals surface area (Å²) in [5.74, 6) is 0.808. The van der Waals surface area contributed by atoms with Gasteiger partial charge in [0.05, 0.1) is 12.0 Å². The summed E-state index contributed by atoms with van der Waals surface area (Å²) in [4.78, 5) is 14.1. The number of methoxy groups -OCH3 is 1. The molecule has 3 rings (SSSR count). The van der Waals surface area contributed by atoms with Crippen LogP contribution >= 0.6 is 0 Å². The third-order valence-corrected chi connectivity index (χ3v) is 6.38. The van der Waals surface area contributed by atoms with Crippen LogP contribution in [0, 0.1) is 0 Å². The Bertz CT molecular complexity index is 922. The Morgan fingerprint density at radius 2 is 1.71 bits per heavy atom. The third-order valence-electron chi connectivity index (χ3n) is 4.47. The predicted octanol–water partition coefficient (Wildman–Crippen LogP) is 1.31. The summed E-state index contributed by atoms with van der Waals surface area (Å²) >= 11 is 0. The van der Waals surface area contributed by atoms with E-state index in [0.717, 1.165) is 0 Å². The lowest BCUT2D eigenvalue weighted by molar-refractivity contribution is -0.134. The minimum atomic E-state index is -3.62. The van der Waals surface area contributed by atoms with Crippen LogP contribution in [0.25, 0.3) is 0 Å². The lowest BCUT2D eigenvalue weighted by Crippen LogP contribution is -2.51. The second kappa shape index (κ2) is 8.49. The smallest absolute Gasteiger partial charge is 0.260 e. The number of phenolic OH excluding ortho intramolecular Hbond substituents is 1. The van der Waals surface area contributed by atoms with Crippen LogP contribution in [0.3, 0.4) is 0 Å². The first kappa shape index (κ1) is 20.0. The average Bonchev–Trinajstić information content (AvgIpc) is 2.72. The summed E-state index contributed by atoms with van der Waals surface area (Å²) in [6.45, 7) is 0.836. The van der Waals surface area contributed by atoms with Crippen molar-refractivity contribution in [3.05, 3.63) is 48.5 Å². The van der Waals surface area contributed by atoms with E-state index in [-0.39, 0.29) is 49.3 Å². The van der Waals surface area contributed by atoms with Gasteiger partial charge in [0, 0.05) is 32.2 Å². The second-order valence-corrected chi connectivity index (χ2v) is 8.18. The third kappa shape index (κ3) is 4.55. The number of carbonyl (C=O) groups excluding carboxylic acids is 1. The number of nitrogens with zero attached hydrogens (tertiary/aromatic N) is 2. The molecule has 2 aromatic carbocycles. The number of amides is 1. The lowest BCUT2D eigenvalue weighted by Gasteiger charge is -2.34. The number of sulfonamides is 1. The molecule has 1 heterocycles. The van der Waals surface area contributed by atoms with Crippen LogP contribution in [-0.2, 0) is 14.8 Å². The topological polar surface area (TPSA) is 96.4 Å². The molecule has 0 atom stereocenters. The monoisotopic (exact) mass is 406 g/mol. The highest BCUT2D eigenvalue weighted by Crippen LogP contribution is 2.21. The van der Waals surface area contributed by atoms with E-state index >= 15 is 0 Å². The fourth-order valence-corrected chi connectivity index (χ4v) is 4.31. The number of carbonyl (C=O) groups is 1. The first-order valence-electron chi connectivity index (χ1n) is 8.74. The van der Waals surface area contributed by atoms with Gasteiger partial charge in [0.15, 0.2) is 6.61 Å². The van der Waals surface area contributed by atoms with E-state index in [4.69, 9.17) is 9.47 Å². The van der Waals surface area contributed by atoms with Gasteiger partial charge < -0.3 is 19.5 Å². The highest BCUT2D eigenvalue weighted by Gasteiger charge is 2.30. The quantitative estimate of drug-likeness (QED) is 0.777. The van der Waals surface area contributed by atoms with Crippen molar-refractivity contribution in [1.29, 1.82) is 0 Å². The van der Waals surface area contributed by atoms with Gasteiger partial charge in [-0.3, -0.25) is 4.79 Å². The van der Waals surface area contributed by atoms with E-state index in [1.54, 1.807) is 29.2 Å². The molecule has 8 nitrogen and oxygen atoms in total. The summed E-state index contributed by atoms with van der Waals surface area (Å²) < 4.78 is 37.3. The van der Waals surface area contributed by atoms with Crippen molar-refractivity contribution in [3.8, 4) is 17.2 Å². The Morgan fingerprint density at radius 3 is 2.32 bits per heavy atom. The van der Waals surface area contributed by atoms with Gasteiger partial charge in [-0.25, -0.2) is 8.42 Å². The van der Waals surface area contributed by atoms with Crippen LogP contribution in [0.4, 0.5) is 0 Å². The summed E-state index contributed by atoms with van der Waals surface area (Å²) in [5.41, 5.74) is 0. The Kier molecular flexibility index (Phi) is 6.05. The van der Waals surface area contributed by atoms with E-state index in [9.17, 15) is 18.3 Å². The normalized spacial score (nSPS) is 15.2. The minimum absolute atomic E-state index is 0.0577. The number of hydrogen-bond acceptors (Lipinski definition) is 6. The molecule has 1 fully saturated rings. The number of rotatable bonds is 6. The summed E-state index contributed by atoms with van der Waals surface area (Å²) in [7, 11) is -2.10. The molecule has 1 aliphatic rings. The molecule has 1 amide bonds. The molecule has 0 radical (unpaired) electrons. The first-order chi connectivity index (χ1) is 13.4. The van der Waals surface area contributed by atoms with Gasteiger partial charge in [0.2, 0.25) is 10.0 Å². The lowest BCUT2D eigenvalue weighted by atomic mass is 10.3. The van der Waals surface area contributed by atoms with Gasteiger partial charge in [-0.2, -0.15) is 4.31 Å². The number of phenols is 1. The first-order valence-corrected chi connectivity index (χ1v) is 10.2. The maximum Gasteiger partial charge on any atom is 0.260 e. The number of hydrogen-bond donors (Lipinski definition) is 1. The van der Waals surface area contributed by atoms with Gasteiger partial charge in [-0.05, 0) is 36.4 Å². The zero-order valence-corrected chi connectivity index (χ0v) is 16.3. The zero-order chi connectivity index (χ0) is 20.1. The fourth-order valence-electron chi connectivity index (χ4n) is 2.88. The van der Waals surface area contributed by atoms with Crippen molar-refractivity contribution in [1.82, 2.24) is 9.21 Å². The van der Waals surface area contributed by atoms with Crippen molar-refractivity contribution < 1.29 is 27.8 Å². The second-order valence-electron chi connectivity index (χ2n) is 6.25. The Morgan fingerprint density at radius 1 is 1.04 bits per heavy atom. The highest BCUT2D eigenvalue weighted by molar-refractivity contribution is 7.89. The molecule has 28 heavy (non-hydrogen) atoms. The summed E-state index contributed by atoms with van der Waals surface area (Å²) in [5, 5.41) is 9.41. The Labute approximate surface area is 164 Å². The molecule has 1 aliphatic heterocycles. The van der Waals surface area contributed by atoms with Crippen LogP contribution in [0.1, 0.15) is 0 Å². The molecule has 0 bridgehead atoms. The molecular weight excluding hydrogens is 384 g/mol. The van der Waals surface area contributed by atoms with Gasteiger partial charge >= 0.3 is 0 Å². The highest BCUT2D eigenvalue weighted by atomic mass is 32.2. The number of benzene rings is 2. The van der Waals surface area contributed by atoms with E-state index in [1.807, 2.05) is 0 Å². The molecule has 150 valence electrons. The fraction of sp³-hybridized carbons (Fsp3) is 0.316. The number of aromatic hydroxyl groups is 1. The molecule has 1 saturated heterocycles. The Balaban J connectivity index is 1.55. The van der Waals surface area contributed by atoms with E-state index in [2.05, 4.69) is 0 Å². The SMILES string of the molecule is COc1ccc(S(=O)(=O)N2CCN(C(=O)COc3cccc(O)c3)CC2)cc1. The predicted molar refractivity (Wildman–Crippen MR) is 102 cm³/mol. The van der Waals surface area contributed by atoms with Crippen LogP contribution in [0.15, 0.2) is 53.4 Å².